The molecule has 0 aliphatic heterocycles. The average Bonchev–Trinajstić information content (AvgIpc) is 3.52. The fourth-order valence-corrected chi connectivity index (χ4v) is 13.1. The molecule has 34 heavy (non-hydrogen) atoms. The fraction of sp³-hybridized carbons (Fsp3) is 0.0645. The summed E-state index contributed by atoms with van der Waals surface area (Å²) < 4.78 is 4.89. The van der Waals surface area contributed by atoms with Gasteiger partial charge in [0, 0.05) is 0 Å². The minimum Gasteiger partial charge on any atom is -1.00 e. The first-order valence-electron chi connectivity index (χ1n) is 11.3. The van der Waals surface area contributed by atoms with E-state index in [4.69, 9.17) is 0 Å². The summed E-state index contributed by atoms with van der Waals surface area (Å²) in [6, 6.07) is 38.3. The summed E-state index contributed by atoms with van der Waals surface area (Å²) >= 11 is -2.46. The van der Waals surface area contributed by atoms with E-state index in [1.165, 1.54) is 27.8 Å². The van der Waals surface area contributed by atoms with Gasteiger partial charge in [-0.05, 0) is 0 Å². The third-order valence-corrected chi connectivity index (χ3v) is 14.2. The van der Waals surface area contributed by atoms with Crippen molar-refractivity contribution in [3.05, 3.63) is 147 Å². The van der Waals surface area contributed by atoms with E-state index in [1.807, 2.05) is 0 Å². The monoisotopic (exact) mass is 524 g/mol. The Morgan fingerprint density at radius 1 is 0.618 bits per heavy atom. The van der Waals surface area contributed by atoms with Crippen molar-refractivity contribution in [2.45, 2.75) is 12.8 Å². The van der Waals surface area contributed by atoms with Gasteiger partial charge in [0.2, 0.25) is 0 Å². The SMILES string of the molecule is C1=CC[C]([Zr+2](=[C](c2ccccc2)c2ccccc2)[c]2cccc3c2Cc2ccccc2-3)=C1.[F-].[F-]. The number of allylic oxidation sites excluding steroid dienone is 4. The van der Waals surface area contributed by atoms with Crippen LogP contribution in [-0.4, -0.2) is 3.21 Å². The predicted octanol–water partition coefficient (Wildman–Crippen LogP) is 0.622. The van der Waals surface area contributed by atoms with E-state index in [1.54, 1.807) is 15.3 Å². The van der Waals surface area contributed by atoms with Crippen LogP contribution in [0.1, 0.15) is 28.7 Å². The molecule has 4 aromatic rings. The van der Waals surface area contributed by atoms with Crippen molar-refractivity contribution in [2.75, 3.05) is 0 Å². The summed E-state index contributed by atoms with van der Waals surface area (Å²) in [4.78, 5) is 0. The van der Waals surface area contributed by atoms with E-state index in [0.717, 1.165) is 12.8 Å². The molecule has 2 aliphatic carbocycles. The van der Waals surface area contributed by atoms with Gasteiger partial charge < -0.3 is 9.41 Å². The van der Waals surface area contributed by atoms with E-state index >= 15 is 0 Å². The molecule has 3 heteroatoms. The number of fused-ring (bicyclic) bond motifs is 3. The predicted molar refractivity (Wildman–Crippen MR) is 132 cm³/mol. The van der Waals surface area contributed by atoms with Crippen LogP contribution in [0, 0.1) is 0 Å². The molecule has 0 unspecified atom stereocenters. The van der Waals surface area contributed by atoms with Crippen molar-refractivity contribution in [3.8, 4) is 11.1 Å². The molecule has 0 nitrogen and oxygen atoms in total. The second kappa shape index (κ2) is 10.5. The Morgan fingerprint density at radius 2 is 1.24 bits per heavy atom. The molecular formula is C31H24F2Zr. The minimum atomic E-state index is -2.46. The van der Waals surface area contributed by atoms with Gasteiger partial charge in [0.15, 0.2) is 0 Å². The van der Waals surface area contributed by atoms with Crippen LogP contribution in [0.4, 0.5) is 0 Å². The van der Waals surface area contributed by atoms with E-state index in [0.29, 0.717) is 0 Å². The molecule has 2 aliphatic rings. The number of hydrogen-bond acceptors (Lipinski definition) is 0. The summed E-state index contributed by atoms with van der Waals surface area (Å²) in [7, 11) is 0. The van der Waals surface area contributed by atoms with Crippen LogP contribution in [0.25, 0.3) is 11.1 Å². The third-order valence-electron chi connectivity index (χ3n) is 6.59. The van der Waals surface area contributed by atoms with Crippen LogP contribution in [0.2, 0.25) is 0 Å². The Morgan fingerprint density at radius 3 is 1.88 bits per heavy atom. The zero-order chi connectivity index (χ0) is 21.3. The molecule has 0 heterocycles. The first-order chi connectivity index (χ1) is 15.9. The molecule has 0 saturated carbocycles. The summed E-state index contributed by atoms with van der Waals surface area (Å²) in [6.07, 6.45) is 9.17. The van der Waals surface area contributed by atoms with Crippen molar-refractivity contribution in [1.82, 2.24) is 0 Å². The molecular weight excluding hydrogens is 502 g/mol. The van der Waals surface area contributed by atoms with Gasteiger partial charge in [-0.3, -0.25) is 0 Å². The van der Waals surface area contributed by atoms with Crippen molar-refractivity contribution >= 4 is 6.48 Å². The molecule has 0 amide bonds. The Labute approximate surface area is 207 Å². The van der Waals surface area contributed by atoms with Gasteiger partial charge in [-0.25, -0.2) is 0 Å². The Kier molecular flexibility index (Phi) is 7.44. The maximum atomic E-state index is 2.45. The van der Waals surface area contributed by atoms with Crippen LogP contribution in [0.15, 0.2) is 125 Å². The normalized spacial score (nSPS) is 12.4. The molecule has 0 saturated heterocycles. The van der Waals surface area contributed by atoms with E-state index in [9.17, 15) is 0 Å². The van der Waals surface area contributed by atoms with Gasteiger partial charge in [-0.1, -0.05) is 0 Å². The van der Waals surface area contributed by atoms with Crippen molar-refractivity contribution < 1.29 is 30.7 Å². The summed E-state index contributed by atoms with van der Waals surface area (Å²) in [5.74, 6) is 0. The van der Waals surface area contributed by atoms with E-state index < -0.39 is 21.3 Å². The second-order valence-electron chi connectivity index (χ2n) is 8.47. The summed E-state index contributed by atoms with van der Waals surface area (Å²) in [5.41, 5.74) is 8.68. The summed E-state index contributed by atoms with van der Waals surface area (Å²) in [5, 5.41) is 0. The van der Waals surface area contributed by atoms with E-state index in [-0.39, 0.29) is 9.41 Å². The van der Waals surface area contributed by atoms with Gasteiger partial charge in [0.25, 0.3) is 0 Å². The van der Waals surface area contributed by atoms with Gasteiger partial charge in [-0.15, -0.1) is 0 Å². The largest absolute Gasteiger partial charge is 1.00 e. The van der Waals surface area contributed by atoms with Crippen LogP contribution in [0.3, 0.4) is 0 Å². The van der Waals surface area contributed by atoms with E-state index in [2.05, 4.69) is 121 Å². The Bertz CT molecular complexity index is 1360. The molecule has 0 fully saturated rings. The van der Waals surface area contributed by atoms with Crippen LogP contribution in [0.5, 0.6) is 0 Å². The zero-order valence-corrected chi connectivity index (χ0v) is 21.2. The molecule has 6 rings (SSSR count). The van der Waals surface area contributed by atoms with Gasteiger partial charge in [0.1, 0.15) is 0 Å². The molecule has 0 spiro atoms. The molecule has 166 valence electrons. The van der Waals surface area contributed by atoms with Crippen molar-refractivity contribution in [1.29, 1.82) is 0 Å². The topological polar surface area (TPSA) is 0 Å². The fourth-order valence-electron chi connectivity index (χ4n) is 5.16. The molecule has 0 aromatic heterocycles. The number of benzene rings is 4. The van der Waals surface area contributed by atoms with Crippen molar-refractivity contribution in [2.24, 2.45) is 0 Å². The molecule has 0 bridgehead atoms. The molecule has 0 atom stereocenters. The van der Waals surface area contributed by atoms with Crippen LogP contribution in [-0.2, 0) is 27.7 Å². The minimum absolute atomic E-state index is 0. The smallest absolute Gasteiger partial charge is 1.00 e. The first-order valence-corrected chi connectivity index (χ1v) is 15.0. The molecule has 0 radical (unpaired) electrons. The number of halogens is 2. The Balaban J connectivity index is 0.00000137. The summed E-state index contributed by atoms with van der Waals surface area (Å²) in [6.45, 7) is 0. The maximum Gasteiger partial charge on any atom is -1.00 e. The maximum absolute atomic E-state index is 2.46. The number of hydrogen-bond donors (Lipinski definition) is 0. The first kappa shape index (κ1) is 24.1. The molecule has 4 aromatic carbocycles. The quantitative estimate of drug-likeness (QED) is 0.323. The molecule has 0 N–H and O–H groups in total. The average molecular weight is 526 g/mol. The van der Waals surface area contributed by atoms with Gasteiger partial charge in [-0.2, -0.15) is 0 Å². The zero-order valence-electron chi connectivity index (χ0n) is 18.7. The van der Waals surface area contributed by atoms with Gasteiger partial charge >= 0.3 is 199 Å². The van der Waals surface area contributed by atoms with Gasteiger partial charge in [0.05, 0.1) is 0 Å². The van der Waals surface area contributed by atoms with Crippen LogP contribution < -0.4 is 12.7 Å². The van der Waals surface area contributed by atoms with Crippen molar-refractivity contribution in [3.63, 3.8) is 0 Å². The third kappa shape index (κ3) is 4.26. The number of rotatable bonds is 4. The van der Waals surface area contributed by atoms with Crippen LogP contribution >= 0.6 is 0 Å². The standard InChI is InChI=1S/C13H9.C13H10.C5H5.2FH.Zr/c1-3-7-12-10(5-1)9-11-6-2-4-8-13(11)12;1-3-7-12(8-4-1)11-13-9-5-2-6-10-13;1-2-4-5-3-1;;;/h1-5,7-8H,9H2;1-10H;1-3H,4H2;2*1H;/q;;;;;+2/p-2. The second-order valence-corrected chi connectivity index (χ2v) is 14.4. The Hall–Kier alpha value is -3.03.